The summed E-state index contributed by atoms with van der Waals surface area (Å²) in [4.78, 5) is 25.5. The van der Waals surface area contributed by atoms with Crippen LogP contribution in [0.4, 0.5) is 0 Å². The Labute approximate surface area is 187 Å². The number of carbonyl (C=O) groups excluding carboxylic acids is 1. The number of rotatable bonds is 4. The van der Waals surface area contributed by atoms with E-state index in [1.807, 2.05) is 45.0 Å². The van der Waals surface area contributed by atoms with Crippen molar-refractivity contribution in [2.75, 3.05) is 0 Å². The van der Waals surface area contributed by atoms with E-state index in [-0.39, 0.29) is 11.2 Å². The van der Waals surface area contributed by atoms with E-state index in [1.54, 1.807) is 24.3 Å². The van der Waals surface area contributed by atoms with Gasteiger partial charge in [-0.3, -0.25) is 4.79 Å². The summed E-state index contributed by atoms with van der Waals surface area (Å²) in [7, 11) is 0. The molecule has 0 saturated carbocycles. The second kappa shape index (κ2) is 8.40. The highest BCUT2D eigenvalue weighted by molar-refractivity contribution is 9.10. The SMILES string of the molecule is Cc1cc(C)c(C(=O)Oc2ccc3c(=O)c(Oc4ccccc4Br)coc3c2)c(C)c1. The van der Waals surface area contributed by atoms with Gasteiger partial charge in [0.2, 0.25) is 11.2 Å². The highest BCUT2D eigenvalue weighted by atomic mass is 79.9. The number of esters is 1. The fraction of sp³-hybridized carbons (Fsp3) is 0.120. The monoisotopic (exact) mass is 478 g/mol. The van der Waals surface area contributed by atoms with Crippen LogP contribution in [-0.2, 0) is 0 Å². The van der Waals surface area contributed by atoms with Crippen molar-refractivity contribution in [2.24, 2.45) is 0 Å². The minimum absolute atomic E-state index is 0.0649. The van der Waals surface area contributed by atoms with Gasteiger partial charge in [-0.2, -0.15) is 0 Å². The zero-order chi connectivity index (χ0) is 22.1. The number of halogens is 1. The molecule has 0 N–H and O–H groups in total. The topological polar surface area (TPSA) is 65.7 Å². The Bertz CT molecular complexity index is 1350. The zero-order valence-electron chi connectivity index (χ0n) is 17.2. The lowest BCUT2D eigenvalue weighted by Crippen LogP contribution is -2.12. The van der Waals surface area contributed by atoms with Crippen molar-refractivity contribution in [3.63, 3.8) is 0 Å². The van der Waals surface area contributed by atoms with Crippen molar-refractivity contribution in [3.8, 4) is 17.2 Å². The van der Waals surface area contributed by atoms with Gasteiger partial charge in [0, 0.05) is 6.07 Å². The molecule has 0 aliphatic rings. The Kier molecular flexibility index (Phi) is 5.65. The molecular weight excluding hydrogens is 460 g/mol. The Balaban J connectivity index is 1.63. The van der Waals surface area contributed by atoms with Gasteiger partial charge in [0.1, 0.15) is 23.3 Å². The van der Waals surface area contributed by atoms with Crippen LogP contribution in [0.3, 0.4) is 0 Å². The first-order chi connectivity index (χ1) is 14.8. The Morgan fingerprint density at radius 3 is 2.35 bits per heavy atom. The number of hydrogen-bond donors (Lipinski definition) is 0. The van der Waals surface area contributed by atoms with Crippen molar-refractivity contribution >= 4 is 32.9 Å². The van der Waals surface area contributed by atoms with Crippen LogP contribution in [-0.4, -0.2) is 5.97 Å². The van der Waals surface area contributed by atoms with Crippen LogP contribution >= 0.6 is 15.9 Å². The van der Waals surface area contributed by atoms with Gasteiger partial charge in [0.25, 0.3) is 0 Å². The molecule has 1 aromatic heterocycles. The van der Waals surface area contributed by atoms with Gasteiger partial charge >= 0.3 is 5.97 Å². The lowest BCUT2D eigenvalue weighted by atomic mass is 10.00. The maximum absolute atomic E-state index is 12.8. The summed E-state index contributed by atoms with van der Waals surface area (Å²) < 4.78 is 17.6. The molecule has 0 spiro atoms. The van der Waals surface area contributed by atoms with E-state index in [4.69, 9.17) is 13.9 Å². The lowest BCUT2D eigenvalue weighted by molar-refractivity contribution is 0.0733. The summed E-state index contributed by atoms with van der Waals surface area (Å²) in [6.07, 6.45) is 1.25. The second-order valence-electron chi connectivity index (χ2n) is 7.28. The van der Waals surface area contributed by atoms with E-state index in [0.717, 1.165) is 21.2 Å². The van der Waals surface area contributed by atoms with Crippen molar-refractivity contribution in [1.29, 1.82) is 0 Å². The fourth-order valence-electron chi connectivity index (χ4n) is 3.53. The first-order valence-corrected chi connectivity index (χ1v) is 10.4. The van der Waals surface area contributed by atoms with Gasteiger partial charge in [-0.1, -0.05) is 29.8 Å². The zero-order valence-corrected chi connectivity index (χ0v) is 18.8. The molecule has 4 aromatic rings. The number of hydrogen-bond acceptors (Lipinski definition) is 5. The number of ether oxygens (including phenoxy) is 2. The molecule has 156 valence electrons. The van der Waals surface area contributed by atoms with Crippen molar-refractivity contribution < 1.29 is 18.7 Å². The minimum atomic E-state index is -0.453. The molecule has 1 heterocycles. The number of carbonyl (C=O) groups is 1. The molecule has 0 atom stereocenters. The summed E-state index contributed by atoms with van der Waals surface area (Å²) in [5, 5.41) is 0.326. The molecule has 0 saturated heterocycles. The quantitative estimate of drug-likeness (QED) is 0.247. The van der Waals surface area contributed by atoms with E-state index in [0.29, 0.717) is 28.0 Å². The summed E-state index contributed by atoms with van der Waals surface area (Å²) in [6, 6.07) is 15.7. The molecule has 6 heteroatoms. The van der Waals surface area contributed by atoms with Crippen LogP contribution in [0.2, 0.25) is 0 Å². The molecule has 0 aliphatic carbocycles. The average Bonchev–Trinajstić information content (AvgIpc) is 2.71. The third-order valence-corrected chi connectivity index (χ3v) is 5.52. The standard InChI is InChI=1S/C25H19BrO5/c1-14-10-15(2)23(16(3)11-14)25(28)30-17-8-9-18-21(12-17)29-13-22(24(18)27)31-20-7-5-4-6-19(20)26/h4-13H,1-3H3. The van der Waals surface area contributed by atoms with Crippen molar-refractivity contribution in [3.05, 3.63) is 97.8 Å². The van der Waals surface area contributed by atoms with Gasteiger partial charge in [0.15, 0.2) is 0 Å². The summed E-state index contributed by atoms with van der Waals surface area (Å²) >= 11 is 3.39. The molecule has 3 aromatic carbocycles. The number of benzene rings is 3. The first kappa shape index (κ1) is 20.9. The molecule has 0 aliphatic heterocycles. The van der Waals surface area contributed by atoms with E-state index in [9.17, 15) is 9.59 Å². The molecule has 0 radical (unpaired) electrons. The first-order valence-electron chi connectivity index (χ1n) is 9.61. The predicted molar refractivity (Wildman–Crippen MR) is 122 cm³/mol. The van der Waals surface area contributed by atoms with Gasteiger partial charge in [-0.25, -0.2) is 4.79 Å². The van der Waals surface area contributed by atoms with Crippen molar-refractivity contribution in [1.82, 2.24) is 0 Å². The molecule has 0 fully saturated rings. The Morgan fingerprint density at radius 2 is 1.65 bits per heavy atom. The molecule has 5 nitrogen and oxygen atoms in total. The minimum Gasteiger partial charge on any atom is -0.460 e. The summed E-state index contributed by atoms with van der Waals surface area (Å²) in [6.45, 7) is 5.74. The van der Waals surface area contributed by atoms with Crippen LogP contribution in [0.5, 0.6) is 17.2 Å². The molecule has 0 bridgehead atoms. The van der Waals surface area contributed by atoms with Crippen LogP contribution < -0.4 is 14.9 Å². The van der Waals surface area contributed by atoms with Gasteiger partial charge in [0.05, 0.1) is 15.4 Å². The third kappa shape index (κ3) is 4.25. The van der Waals surface area contributed by atoms with E-state index < -0.39 is 5.97 Å². The smallest absolute Gasteiger partial charge is 0.344 e. The number of aryl methyl sites for hydroxylation is 3. The maximum atomic E-state index is 12.8. The lowest BCUT2D eigenvalue weighted by Gasteiger charge is -2.11. The van der Waals surface area contributed by atoms with Crippen LogP contribution in [0.1, 0.15) is 27.0 Å². The Morgan fingerprint density at radius 1 is 0.935 bits per heavy atom. The fourth-order valence-corrected chi connectivity index (χ4v) is 3.90. The van der Waals surface area contributed by atoms with Gasteiger partial charge in [-0.15, -0.1) is 0 Å². The highest BCUT2D eigenvalue weighted by Crippen LogP contribution is 2.29. The third-order valence-electron chi connectivity index (χ3n) is 4.86. The van der Waals surface area contributed by atoms with Crippen LogP contribution in [0, 0.1) is 20.8 Å². The number of fused-ring (bicyclic) bond motifs is 1. The average molecular weight is 479 g/mol. The second-order valence-corrected chi connectivity index (χ2v) is 8.14. The summed E-state index contributed by atoms with van der Waals surface area (Å²) in [5.41, 5.74) is 3.29. The Hall–Kier alpha value is -3.38. The van der Waals surface area contributed by atoms with Crippen LogP contribution in [0.25, 0.3) is 11.0 Å². The molecule has 31 heavy (non-hydrogen) atoms. The van der Waals surface area contributed by atoms with E-state index in [2.05, 4.69) is 15.9 Å². The molecule has 4 rings (SSSR count). The molecule has 0 amide bonds. The molecular formula is C25H19BrO5. The molecule has 0 unspecified atom stereocenters. The maximum Gasteiger partial charge on any atom is 0.344 e. The van der Waals surface area contributed by atoms with E-state index in [1.165, 1.54) is 12.3 Å². The number of para-hydroxylation sites is 1. The normalized spacial score (nSPS) is 10.8. The van der Waals surface area contributed by atoms with Gasteiger partial charge < -0.3 is 13.9 Å². The predicted octanol–water partition coefficient (Wildman–Crippen LogP) is 6.49. The van der Waals surface area contributed by atoms with Crippen LogP contribution in [0.15, 0.2) is 74.5 Å². The largest absolute Gasteiger partial charge is 0.460 e. The summed E-state index contributed by atoms with van der Waals surface area (Å²) in [5.74, 6) is 0.406. The van der Waals surface area contributed by atoms with Crippen molar-refractivity contribution in [2.45, 2.75) is 20.8 Å². The highest BCUT2D eigenvalue weighted by Gasteiger charge is 2.17. The van der Waals surface area contributed by atoms with E-state index >= 15 is 0 Å². The van der Waals surface area contributed by atoms with Gasteiger partial charge in [-0.05, 0) is 72.1 Å².